The Labute approximate surface area is 85.0 Å². The molecule has 0 aromatic heterocycles. The molecule has 0 fully saturated rings. The molecule has 14 heavy (non-hydrogen) atoms. The van der Waals surface area contributed by atoms with E-state index in [1.54, 1.807) is 0 Å². The SMILES string of the molecule is BC1C=NC(C)=N/C(=C(/NC)NN)C1. The van der Waals surface area contributed by atoms with Gasteiger partial charge in [-0.05, 0) is 19.2 Å². The van der Waals surface area contributed by atoms with Gasteiger partial charge in [0, 0.05) is 13.3 Å². The lowest BCUT2D eigenvalue weighted by molar-refractivity contribution is 0.742. The Bertz CT molecular complexity index is 288. The highest BCUT2D eigenvalue weighted by Gasteiger charge is 2.11. The minimum Gasteiger partial charge on any atom is -0.372 e. The quantitative estimate of drug-likeness (QED) is 0.304. The maximum Gasteiger partial charge on any atom is 0.135 e. The monoisotopic (exact) mass is 193 g/mol. The summed E-state index contributed by atoms with van der Waals surface area (Å²) in [6.45, 7) is 1.87. The van der Waals surface area contributed by atoms with Crippen molar-refractivity contribution in [2.45, 2.75) is 19.2 Å². The van der Waals surface area contributed by atoms with Gasteiger partial charge in [0.1, 0.15) is 19.5 Å². The molecule has 0 saturated heterocycles. The van der Waals surface area contributed by atoms with Crippen molar-refractivity contribution in [1.29, 1.82) is 0 Å². The number of hydrazine groups is 1. The van der Waals surface area contributed by atoms with Gasteiger partial charge in [-0.25, -0.2) is 15.8 Å². The van der Waals surface area contributed by atoms with Crippen molar-refractivity contribution in [2.24, 2.45) is 15.8 Å². The van der Waals surface area contributed by atoms with Crippen molar-refractivity contribution in [3.8, 4) is 0 Å². The number of nitrogens with one attached hydrogen (secondary N) is 2. The summed E-state index contributed by atoms with van der Waals surface area (Å²) in [6.07, 6.45) is 2.75. The van der Waals surface area contributed by atoms with Crippen LogP contribution in [0.2, 0.25) is 5.82 Å². The van der Waals surface area contributed by atoms with Gasteiger partial charge in [-0.15, -0.1) is 0 Å². The van der Waals surface area contributed by atoms with Gasteiger partial charge in [0.05, 0.1) is 5.70 Å². The molecule has 0 spiro atoms. The van der Waals surface area contributed by atoms with Crippen molar-refractivity contribution in [3.63, 3.8) is 0 Å². The Morgan fingerprint density at radius 3 is 3.00 bits per heavy atom. The Balaban J connectivity index is 2.99. The first kappa shape index (κ1) is 10.8. The van der Waals surface area contributed by atoms with Crippen LogP contribution in [-0.2, 0) is 0 Å². The second-order valence-electron chi connectivity index (χ2n) is 3.33. The van der Waals surface area contributed by atoms with E-state index in [4.69, 9.17) is 5.84 Å². The predicted molar refractivity (Wildman–Crippen MR) is 61.9 cm³/mol. The van der Waals surface area contributed by atoms with Crippen molar-refractivity contribution in [2.75, 3.05) is 7.05 Å². The van der Waals surface area contributed by atoms with Crippen LogP contribution in [0, 0.1) is 0 Å². The number of amidine groups is 1. The topological polar surface area (TPSA) is 74.8 Å². The van der Waals surface area contributed by atoms with E-state index in [1.165, 1.54) is 0 Å². The molecule has 6 heteroatoms. The average molecular weight is 193 g/mol. The van der Waals surface area contributed by atoms with Crippen LogP contribution in [-0.4, -0.2) is 26.9 Å². The Kier molecular flexibility index (Phi) is 3.70. The zero-order valence-electron chi connectivity index (χ0n) is 8.83. The van der Waals surface area contributed by atoms with Gasteiger partial charge >= 0.3 is 0 Å². The summed E-state index contributed by atoms with van der Waals surface area (Å²) in [6, 6.07) is 0. The lowest BCUT2D eigenvalue weighted by atomic mass is 9.85. The van der Waals surface area contributed by atoms with E-state index in [9.17, 15) is 0 Å². The summed E-state index contributed by atoms with van der Waals surface area (Å²) in [5.41, 5.74) is 3.51. The third-order valence-electron chi connectivity index (χ3n) is 2.01. The third-order valence-corrected chi connectivity index (χ3v) is 2.01. The molecule has 0 radical (unpaired) electrons. The molecule has 5 nitrogen and oxygen atoms in total. The summed E-state index contributed by atoms with van der Waals surface area (Å²) in [5, 5.41) is 2.97. The lowest BCUT2D eigenvalue weighted by Crippen LogP contribution is -2.30. The molecule has 0 aliphatic carbocycles. The minimum atomic E-state index is 0.378. The second-order valence-corrected chi connectivity index (χ2v) is 3.33. The highest BCUT2D eigenvalue weighted by Crippen LogP contribution is 2.18. The molecule has 0 bridgehead atoms. The average Bonchev–Trinajstić information content (AvgIpc) is 2.31. The van der Waals surface area contributed by atoms with E-state index in [2.05, 4.69) is 28.6 Å². The Hall–Kier alpha value is -1.30. The summed E-state index contributed by atoms with van der Waals surface area (Å²) in [5.74, 6) is 7.26. The van der Waals surface area contributed by atoms with Crippen molar-refractivity contribution in [1.82, 2.24) is 10.7 Å². The highest BCUT2D eigenvalue weighted by atomic mass is 15.3. The molecular weight excluding hydrogens is 177 g/mol. The third kappa shape index (κ3) is 2.60. The molecule has 1 heterocycles. The smallest absolute Gasteiger partial charge is 0.135 e. The van der Waals surface area contributed by atoms with Crippen LogP contribution in [0.5, 0.6) is 0 Å². The van der Waals surface area contributed by atoms with Gasteiger partial charge in [-0.3, -0.25) is 0 Å². The van der Waals surface area contributed by atoms with E-state index in [-0.39, 0.29) is 0 Å². The van der Waals surface area contributed by atoms with Crippen LogP contribution in [0.25, 0.3) is 0 Å². The van der Waals surface area contributed by atoms with Crippen LogP contribution in [0.15, 0.2) is 21.5 Å². The first-order valence-corrected chi connectivity index (χ1v) is 4.64. The zero-order chi connectivity index (χ0) is 10.6. The maximum atomic E-state index is 5.38. The van der Waals surface area contributed by atoms with Gasteiger partial charge < -0.3 is 10.7 Å². The molecule has 1 atom stereocenters. The fourth-order valence-corrected chi connectivity index (χ4v) is 1.32. The molecule has 1 aliphatic rings. The summed E-state index contributed by atoms with van der Waals surface area (Å²) >= 11 is 0. The van der Waals surface area contributed by atoms with E-state index in [0.29, 0.717) is 5.82 Å². The Morgan fingerprint density at radius 2 is 2.43 bits per heavy atom. The number of rotatable bonds is 2. The molecule has 0 amide bonds. The molecule has 1 rings (SSSR count). The van der Waals surface area contributed by atoms with E-state index < -0.39 is 0 Å². The Morgan fingerprint density at radius 1 is 1.71 bits per heavy atom. The number of nitrogens with two attached hydrogens (primary N) is 1. The molecule has 1 aliphatic heterocycles. The summed E-state index contributed by atoms with van der Waals surface area (Å²) < 4.78 is 0. The normalized spacial score (nSPS) is 25.1. The zero-order valence-corrected chi connectivity index (χ0v) is 8.83. The lowest BCUT2D eigenvalue weighted by Gasteiger charge is -2.11. The fraction of sp³-hybridized carbons (Fsp3) is 0.500. The number of nitrogens with zero attached hydrogens (tertiary/aromatic N) is 2. The van der Waals surface area contributed by atoms with Crippen LogP contribution in [0.3, 0.4) is 0 Å². The van der Waals surface area contributed by atoms with Crippen molar-refractivity contribution in [3.05, 3.63) is 11.5 Å². The standard InChI is InChI=1S/C8H16BN5/c1-5-12-4-6(9)3-7(13-5)8(11-2)14-10/h4,6,11,14H,3,9-10H2,1-2H3/b8-7-. The van der Waals surface area contributed by atoms with E-state index >= 15 is 0 Å². The summed E-state index contributed by atoms with van der Waals surface area (Å²) in [7, 11) is 3.91. The maximum absolute atomic E-state index is 5.38. The van der Waals surface area contributed by atoms with E-state index in [1.807, 2.05) is 20.2 Å². The highest BCUT2D eigenvalue weighted by molar-refractivity contribution is 6.21. The van der Waals surface area contributed by atoms with Gasteiger partial charge in [-0.1, -0.05) is 0 Å². The largest absolute Gasteiger partial charge is 0.372 e. The van der Waals surface area contributed by atoms with Gasteiger partial charge in [-0.2, -0.15) is 0 Å². The van der Waals surface area contributed by atoms with Gasteiger partial charge in [0.25, 0.3) is 0 Å². The van der Waals surface area contributed by atoms with Gasteiger partial charge in [0.2, 0.25) is 0 Å². The number of aliphatic imine (C=N–C) groups is 2. The van der Waals surface area contributed by atoms with Crippen LogP contribution in [0.4, 0.5) is 0 Å². The van der Waals surface area contributed by atoms with Crippen LogP contribution in [0.1, 0.15) is 13.3 Å². The first-order chi connectivity index (χ1) is 6.67. The molecule has 0 aromatic carbocycles. The molecule has 4 N–H and O–H groups in total. The number of hydrogen-bond acceptors (Lipinski definition) is 5. The van der Waals surface area contributed by atoms with E-state index in [0.717, 1.165) is 23.8 Å². The van der Waals surface area contributed by atoms with Gasteiger partial charge in [0.15, 0.2) is 0 Å². The number of hydrogen-bond donors (Lipinski definition) is 3. The molecule has 0 saturated carbocycles. The van der Waals surface area contributed by atoms with Crippen molar-refractivity contribution >= 4 is 19.9 Å². The molecule has 76 valence electrons. The summed E-state index contributed by atoms with van der Waals surface area (Å²) in [4.78, 5) is 8.56. The minimum absolute atomic E-state index is 0.378. The number of allylic oxidation sites excluding steroid dienone is 1. The van der Waals surface area contributed by atoms with Crippen LogP contribution < -0.4 is 16.6 Å². The molecule has 1 unspecified atom stereocenters. The molecular formula is C8H16BN5. The predicted octanol–water partition coefficient (Wildman–Crippen LogP) is -0.847. The molecule has 0 aromatic rings. The van der Waals surface area contributed by atoms with Crippen LogP contribution >= 0.6 is 0 Å². The second kappa shape index (κ2) is 4.81. The first-order valence-electron chi connectivity index (χ1n) is 4.64. The van der Waals surface area contributed by atoms with Crippen molar-refractivity contribution < 1.29 is 0 Å². The fourth-order valence-electron chi connectivity index (χ4n) is 1.32.